The molecule has 0 aromatic heterocycles. The number of anilines is 2. The lowest BCUT2D eigenvalue weighted by atomic mass is 10.2. The van der Waals surface area contributed by atoms with Crippen molar-refractivity contribution in [3.05, 3.63) is 58.1 Å². The summed E-state index contributed by atoms with van der Waals surface area (Å²) in [6, 6.07) is 11.0. The van der Waals surface area contributed by atoms with Crippen LogP contribution in [0.2, 0.25) is 0 Å². The van der Waals surface area contributed by atoms with Crippen molar-refractivity contribution in [1.29, 1.82) is 0 Å². The van der Waals surface area contributed by atoms with E-state index < -0.39 is 20.6 Å². The molecule has 10 nitrogen and oxygen atoms in total. The number of nitro benzene ring substituents is 1. The van der Waals surface area contributed by atoms with E-state index >= 15 is 0 Å². The quantitative estimate of drug-likeness (QED) is 0.422. The minimum atomic E-state index is -4.04. The highest BCUT2D eigenvalue weighted by molar-refractivity contribution is 7.89. The molecule has 0 amide bonds. The Kier molecular flexibility index (Phi) is 5.87. The van der Waals surface area contributed by atoms with E-state index in [9.17, 15) is 18.5 Å². The van der Waals surface area contributed by atoms with Gasteiger partial charge < -0.3 is 9.64 Å². The summed E-state index contributed by atoms with van der Waals surface area (Å²) in [5, 5.41) is 20.2. The van der Waals surface area contributed by atoms with Gasteiger partial charge in [-0.15, -0.1) is 0 Å². The van der Waals surface area contributed by atoms with Gasteiger partial charge in [0.15, 0.2) is 0 Å². The SMILES string of the molecule is NS(=O)(=O)c1ccc(NN=Cc2ccc(N3CCOCC3)cc2)c([N+](=O)[O-])c1. The first-order chi connectivity index (χ1) is 13.3. The van der Waals surface area contributed by atoms with Gasteiger partial charge in [-0.2, -0.15) is 5.10 Å². The number of ether oxygens (including phenoxy) is 1. The molecule has 0 radical (unpaired) electrons. The van der Waals surface area contributed by atoms with Crippen molar-refractivity contribution < 1.29 is 18.1 Å². The van der Waals surface area contributed by atoms with E-state index in [-0.39, 0.29) is 10.6 Å². The van der Waals surface area contributed by atoms with Crippen LogP contribution in [-0.4, -0.2) is 45.9 Å². The Morgan fingerprint density at radius 1 is 1.18 bits per heavy atom. The molecule has 0 atom stereocenters. The van der Waals surface area contributed by atoms with Crippen LogP contribution in [0.15, 0.2) is 52.5 Å². The first-order valence-electron chi connectivity index (χ1n) is 8.38. The topological polar surface area (TPSA) is 140 Å². The lowest BCUT2D eigenvalue weighted by molar-refractivity contribution is -0.384. The normalized spacial score (nSPS) is 15.0. The smallest absolute Gasteiger partial charge is 0.295 e. The second-order valence-corrected chi connectivity index (χ2v) is 7.60. The Morgan fingerprint density at radius 3 is 2.46 bits per heavy atom. The van der Waals surface area contributed by atoms with Gasteiger partial charge in [0.25, 0.3) is 5.69 Å². The molecule has 0 aliphatic carbocycles. The summed E-state index contributed by atoms with van der Waals surface area (Å²) < 4.78 is 28.0. The van der Waals surface area contributed by atoms with Crippen LogP contribution in [0.1, 0.15) is 5.56 Å². The van der Waals surface area contributed by atoms with Crippen molar-refractivity contribution >= 4 is 33.3 Å². The second-order valence-electron chi connectivity index (χ2n) is 6.04. The van der Waals surface area contributed by atoms with Crippen molar-refractivity contribution in [2.45, 2.75) is 4.90 Å². The predicted molar refractivity (Wildman–Crippen MR) is 105 cm³/mol. The number of nitrogens with one attached hydrogen (secondary N) is 1. The van der Waals surface area contributed by atoms with E-state index in [1.807, 2.05) is 24.3 Å². The van der Waals surface area contributed by atoms with Crippen molar-refractivity contribution in [2.24, 2.45) is 10.2 Å². The number of nitrogens with zero attached hydrogens (tertiary/aromatic N) is 3. The summed E-state index contributed by atoms with van der Waals surface area (Å²) in [5.41, 5.74) is 4.07. The number of primary sulfonamides is 1. The molecule has 0 saturated carbocycles. The minimum absolute atomic E-state index is 0.0542. The molecule has 0 bridgehead atoms. The van der Waals surface area contributed by atoms with Crippen molar-refractivity contribution in [3.63, 3.8) is 0 Å². The molecule has 1 aliphatic rings. The summed E-state index contributed by atoms with van der Waals surface area (Å²) in [6.45, 7) is 3.09. The summed E-state index contributed by atoms with van der Waals surface area (Å²) in [6.07, 6.45) is 1.51. The zero-order chi connectivity index (χ0) is 20.1. The third kappa shape index (κ3) is 4.82. The molecule has 3 N–H and O–H groups in total. The third-order valence-electron chi connectivity index (χ3n) is 4.16. The molecule has 148 valence electrons. The number of hydrogen-bond donors (Lipinski definition) is 2. The van der Waals surface area contributed by atoms with Gasteiger partial charge in [0.05, 0.1) is 29.2 Å². The van der Waals surface area contributed by atoms with Gasteiger partial charge in [0.2, 0.25) is 10.0 Å². The Bertz CT molecular complexity index is 985. The molecule has 1 saturated heterocycles. The molecule has 3 rings (SSSR count). The maximum absolute atomic E-state index is 11.4. The van der Waals surface area contributed by atoms with Crippen LogP contribution in [0.4, 0.5) is 17.1 Å². The number of benzene rings is 2. The fourth-order valence-corrected chi connectivity index (χ4v) is 3.24. The van der Waals surface area contributed by atoms with Crippen LogP contribution in [0.5, 0.6) is 0 Å². The highest BCUT2D eigenvalue weighted by Gasteiger charge is 2.18. The van der Waals surface area contributed by atoms with E-state index in [0.717, 1.165) is 30.4 Å². The lowest BCUT2D eigenvalue weighted by Crippen LogP contribution is -2.36. The van der Waals surface area contributed by atoms with Crippen LogP contribution in [0, 0.1) is 10.1 Å². The fraction of sp³-hybridized carbons (Fsp3) is 0.235. The number of sulfonamides is 1. The standard InChI is InChI=1S/C17H19N5O5S/c18-28(25,26)15-5-6-16(17(11-15)22(23)24)20-19-12-13-1-3-14(4-2-13)21-7-9-27-10-8-21/h1-6,11-12,20H,7-10H2,(H2,18,25,26). The van der Waals surface area contributed by atoms with E-state index in [2.05, 4.69) is 15.4 Å². The number of nitrogens with two attached hydrogens (primary N) is 1. The van der Waals surface area contributed by atoms with Crippen LogP contribution in [0.25, 0.3) is 0 Å². The average Bonchev–Trinajstić information content (AvgIpc) is 2.68. The maximum atomic E-state index is 11.4. The van der Waals surface area contributed by atoms with Crippen LogP contribution < -0.4 is 15.5 Å². The highest BCUT2D eigenvalue weighted by atomic mass is 32.2. The summed E-state index contributed by atoms with van der Waals surface area (Å²) in [4.78, 5) is 12.4. The molecule has 28 heavy (non-hydrogen) atoms. The number of nitro groups is 1. The predicted octanol–water partition coefficient (Wildman–Crippen LogP) is 1.52. The van der Waals surface area contributed by atoms with Crippen LogP contribution >= 0.6 is 0 Å². The maximum Gasteiger partial charge on any atom is 0.295 e. The van der Waals surface area contributed by atoms with Gasteiger partial charge in [0.1, 0.15) is 5.69 Å². The van der Waals surface area contributed by atoms with Gasteiger partial charge in [0, 0.05) is 24.8 Å². The molecule has 2 aromatic rings. The zero-order valence-electron chi connectivity index (χ0n) is 14.8. The molecular weight excluding hydrogens is 386 g/mol. The third-order valence-corrected chi connectivity index (χ3v) is 5.07. The second kappa shape index (κ2) is 8.33. The van der Waals surface area contributed by atoms with Gasteiger partial charge in [-0.25, -0.2) is 13.6 Å². The molecule has 11 heteroatoms. The Morgan fingerprint density at radius 2 is 1.86 bits per heavy atom. The Balaban J connectivity index is 1.71. The van der Waals surface area contributed by atoms with Crippen molar-refractivity contribution in [1.82, 2.24) is 0 Å². The van der Waals surface area contributed by atoms with Gasteiger partial charge in [-0.1, -0.05) is 12.1 Å². The number of rotatable bonds is 6. The van der Waals surface area contributed by atoms with Crippen LogP contribution in [-0.2, 0) is 14.8 Å². The Labute approximate surface area is 161 Å². The van der Waals surface area contributed by atoms with E-state index in [4.69, 9.17) is 9.88 Å². The lowest BCUT2D eigenvalue weighted by Gasteiger charge is -2.28. The summed E-state index contributed by atoms with van der Waals surface area (Å²) in [5.74, 6) is 0. The fourth-order valence-electron chi connectivity index (χ4n) is 2.70. The molecule has 0 spiro atoms. The minimum Gasteiger partial charge on any atom is -0.378 e. The van der Waals surface area contributed by atoms with E-state index in [1.54, 1.807) is 0 Å². The largest absolute Gasteiger partial charge is 0.378 e. The number of hydrogen-bond acceptors (Lipinski definition) is 8. The molecule has 1 fully saturated rings. The molecule has 2 aromatic carbocycles. The van der Waals surface area contributed by atoms with Gasteiger partial charge >= 0.3 is 0 Å². The van der Waals surface area contributed by atoms with Crippen LogP contribution in [0.3, 0.4) is 0 Å². The van der Waals surface area contributed by atoms with Crippen molar-refractivity contribution in [3.8, 4) is 0 Å². The van der Waals surface area contributed by atoms with E-state index in [0.29, 0.717) is 13.2 Å². The molecule has 0 unspecified atom stereocenters. The first-order valence-corrected chi connectivity index (χ1v) is 9.92. The monoisotopic (exact) mass is 405 g/mol. The molecule has 1 aliphatic heterocycles. The average molecular weight is 405 g/mol. The zero-order valence-corrected chi connectivity index (χ0v) is 15.6. The molecule has 1 heterocycles. The number of hydrazone groups is 1. The Hall–Kier alpha value is -3.02. The highest BCUT2D eigenvalue weighted by Crippen LogP contribution is 2.27. The summed E-state index contributed by atoms with van der Waals surface area (Å²) >= 11 is 0. The first kappa shape index (κ1) is 19.7. The molecular formula is C17H19N5O5S. The van der Waals surface area contributed by atoms with Gasteiger partial charge in [-0.05, 0) is 29.8 Å². The van der Waals surface area contributed by atoms with Crippen molar-refractivity contribution in [2.75, 3.05) is 36.6 Å². The number of morpholine rings is 1. The summed E-state index contributed by atoms with van der Waals surface area (Å²) in [7, 11) is -4.04. The van der Waals surface area contributed by atoms with Gasteiger partial charge in [-0.3, -0.25) is 15.5 Å². The van der Waals surface area contributed by atoms with E-state index in [1.165, 1.54) is 18.3 Å².